The maximum atomic E-state index is 11.7. The van der Waals surface area contributed by atoms with E-state index in [2.05, 4.69) is 20.4 Å². The van der Waals surface area contributed by atoms with Gasteiger partial charge in [-0.3, -0.25) is 4.79 Å². The molecular weight excluding hydrogens is 222 g/mol. The molecule has 0 saturated carbocycles. The number of anilines is 1. The molecule has 0 unspecified atom stereocenters. The molecule has 2 rings (SSSR count). The number of nitrogens with two attached hydrogens (primary N) is 1. The number of nitrogen functional groups attached to an aromatic ring is 1. The second-order valence-corrected chi connectivity index (χ2v) is 3.36. The van der Waals surface area contributed by atoms with E-state index in [4.69, 9.17) is 10.3 Å². The minimum Gasteiger partial charge on any atom is -0.384 e. The number of nitrogens with zero attached hydrogens (tertiary/aromatic N) is 3. The molecule has 0 aliphatic rings. The third kappa shape index (κ3) is 2.77. The van der Waals surface area contributed by atoms with Crippen LogP contribution in [-0.2, 0) is 6.54 Å². The van der Waals surface area contributed by atoms with E-state index in [-0.39, 0.29) is 18.1 Å². The molecule has 0 aliphatic heterocycles. The van der Waals surface area contributed by atoms with Crippen molar-refractivity contribution in [3.8, 4) is 0 Å². The number of hydrogen-bond donors (Lipinski definition) is 2. The lowest BCUT2D eigenvalue weighted by molar-refractivity contribution is 0.0945. The zero-order valence-electron chi connectivity index (χ0n) is 9.17. The van der Waals surface area contributed by atoms with Crippen molar-refractivity contribution < 1.29 is 9.32 Å². The maximum Gasteiger partial charge on any atom is 0.270 e. The Bertz CT molecular complexity index is 537. The highest BCUT2D eigenvalue weighted by Gasteiger charge is 2.09. The summed E-state index contributed by atoms with van der Waals surface area (Å²) in [6.45, 7) is 1.87. The number of aryl methyl sites for hydroxylation is 1. The Kier molecular flexibility index (Phi) is 2.99. The predicted octanol–water partition coefficient (Wildman–Crippen LogP) is 0.285. The number of rotatable bonds is 3. The maximum absolute atomic E-state index is 11.7. The van der Waals surface area contributed by atoms with E-state index in [0.29, 0.717) is 17.5 Å². The van der Waals surface area contributed by atoms with Crippen LogP contribution in [0.25, 0.3) is 0 Å². The van der Waals surface area contributed by atoms with Crippen LogP contribution in [0.5, 0.6) is 0 Å². The van der Waals surface area contributed by atoms with Gasteiger partial charge in [0.25, 0.3) is 5.91 Å². The predicted molar refractivity (Wildman–Crippen MR) is 58.9 cm³/mol. The molecule has 0 aliphatic carbocycles. The smallest absolute Gasteiger partial charge is 0.270 e. The second-order valence-electron chi connectivity index (χ2n) is 3.36. The van der Waals surface area contributed by atoms with Gasteiger partial charge in [0.05, 0.1) is 6.54 Å². The van der Waals surface area contributed by atoms with Crippen LogP contribution in [0, 0.1) is 6.92 Å². The SMILES string of the molecule is Cc1nc(CNC(=O)c2cccc(N)n2)no1. The third-order valence-corrected chi connectivity index (χ3v) is 1.98. The first-order chi connectivity index (χ1) is 8.15. The van der Waals surface area contributed by atoms with Gasteiger partial charge >= 0.3 is 0 Å². The van der Waals surface area contributed by atoms with Crippen LogP contribution in [0.2, 0.25) is 0 Å². The van der Waals surface area contributed by atoms with Crippen molar-refractivity contribution in [1.82, 2.24) is 20.4 Å². The third-order valence-electron chi connectivity index (χ3n) is 1.98. The number of pyridine rings is 1. The van der Waals surface area contributed by atoms with Gasteiger partial charge in [-0.25, -0.2) is 4.98 Å². The average molecular weight is 233 g/mol. The Balaban J connectivity index is 1.98. The van der Waals surface area contributed by atoms with E-state index in [1.165, 1.54) is 0 Å². The number of hydrogen-bond acceptors (Lipinski definition) is 6. The molecule has 88 valence electrons. The molecule has 2 heterocycles. The van der Waals surface area contributed by atoms with Crippen LogP contribution in [-0.4, -0.2) is 21.0 Å². The number of carbonyl (C=O) groups excluding carboxylic acids is 1. The Morgan fingerprint density at radius 3 is 2.94 bits per heavy atom. The molecule has 0 spiro atoms. The van der Waals surface area contributed by atoms with E-state index < -0.39 is 0 Å². The zero-order valence-corrected chi connectivity index (χ0v) is 9.17. The Morgan fingerprint density at radius 2 is 2.29 bits per heavy atom. The van der Waals surface area contributed by atoms with Gasteiger partial charge in [0.15, 0.2) is 5.82 Å². The summed E-state index contributed by atoms with van der Waals surface area (Å²) in [5, 5.41) is 6.27. The minimum absolute atomic E-state index is 0.187. The zero-order chi connectivity index (χ0) is 12.3. The van der Waals surface area contributed by atoms with Crippen molar-refractivity contribution >= 4 is 11.7 Å². The van der Waals surface area contributed by atoms with Crippen molar-refractivity contribution in [3.05, 3.63) is 35.6 Å². The highest BCUT2D eigenvalue weighted by molar-refractivity contribution is 5.92. The molecule has 3 N–H and O–H groups in total. The quantitative estimate of drug-likeness (QED) is 0.788. The Labute approximate surface area is 97.0 Å². The molecule has 2 aromatic rings. The van der Waals surface area contributed by atoms with Crippen LogP contribution < -0.4 is 11.1 Å². The van der Waals surface area contributed by atoms with Gasteiger partial charge in [-0.05, 0) is 12.1 Å². The van der Waals surface area contributed by atoms with Gasteiger partial charge in [0.2, 0.25) is 5.89 Å². The first-order valence-electron chi connectivity index (χ1n) is 4.95. The van der Waals surface area contributed by atoms with E-state index in [1.807, 2.05) is 0 Å². The molecule has 17 heavy (non-hydrogen) atoms. The molecule has 2 aromatic heterocycles. The molecule has 0 aromatic carbocycles. The number of amides is 1. The van der Waals surface area contributed by atoms with Crippen molar-refractivity contribution in [1.29, 1.82) is 0 Å². The standard InChI is InChI=1S/C10H11N5O2/c1-6-13-9(15-17-6)5-12-10(16)7-3-2-4-8(11)14-7/h2-4H,5H2,1H3,(H2,11,14)(H,12,16). The Hall–Kier alpha value is -2.44. The second kappa shape index (κ2) is 4.60. The largest absolute Gasteiger partial charge is 0.384 e. The normalized spacial score (nSPS) is 10.2. The summed E-state index contributed by atoms with van der Waals surface area (Å²) in [5.41, 5.74) is 5.73. The highest BCUT2D eigenvalue weighted by atomic mass is 16.5. The fourth-order valence-corrected chi connectivity index (χ4v) is 1.24. The molecule has 7 nitrogen and oxygen atoms in total. The van der Waals surface area contributed by atoms with Crippen molar-refractivity contribution in [3.63, 3.8) is 0 Å². The van der Waals surface area contributed by atoms with E-state index in [0.717, 1.165) is 0 Å². The van der Waals surface area contributed by atoms with Gasteiger partial charge in [-0.1, -0.05) is 11.2 Å². The summed E-state index contributed by atoms with van der Waals surface area (Å²) in [7, 11) is 0. The molecule has 7 heteroatoms. The Morgan fingerprint density at radius 1 is 1.47 bits per heavy atom. The molecule has 0 bridgehead atoms. The van der Waals surface area contributed by atoms with E-state index in [1.54, 1.807) is 25.1 Å². The summed E-state index contributed by atoms with van der Waals surface area (Å²) in [5.74, 6) is 0.837. The average Bonchev–Trinajstić information content (AvgIpc) is 2.72. The van der Waals surface area contributed by atoms with Gasteiger partial charge in [0, 0.05) is 6.92 Å². The summed E-state index contributed by atoms with van der Waals surface area (Å²) >= 11 is 0. The van der Waals surface area contributed by atoms with Gasteiger partial charge < -0.3 is 15.6 Å². The van der Waals surface area contributed by atoms with Gasteiger partial charge in [0.1, 0.15) is 11.5 Å². The molecule has 0 atom stereocenters. The van der Waals surface area contributed by atoms with Gasteiger partial charge in [-0.2, -0.15) is 4.98 Å². The van der Waals surface area contributed by atoms with Crippen LogP contribution in [0.1, 0.15) is 22.2 Å². The summed E-state index contributed by atoms with van der Waals surface area (Å²) in [6, 6.07) is 4.85. The van der Waals surface area contributed by atoms with Crippen LogP contribution in [0.4, 0.5) is 5.82 Å². The fourth-order valence-electron chi connectivity index (χ4n) is 1.24. The first-order valence-corrected chi connectivity index (χ1v) is 4.95. The van der Waals surface area contributed by atoms with E-state index >= 15 is 0 Å². The van der Waals surface area contributed by atoms with Crippen LogP contribution >= 0.6 is 0 Å². The van der Waals surface area contributed by atoms with E-state index in [9.17, 15) is 4.79 Å². The number of nitrogens with one attached hydrogen (secondary N) is 1. The topological polar surface area (TPSA) is 107 Å². The summed E-state index contributed by atoms with van der Waals surface area (Å²) < 4.78 is 4.77. The molecule has 0 fully saturated rings. The lowest BCUT2D eigenvalue weighted by atomic mass is 10.3. The van der Waals surface area contributed by atoms with Gasteiger partial charge in [-0.15, -0.1) is 0 Å². The number of carbonyl (C=O) groups is 1. The lowest BCUT2D eigenvalue weighted by Gasteiger charge is -2.01. The first kappa shape index (κ1) is 11.1. The monoisotopic (exact) mass is 233 g/mol. The molecule has 0 radical (unpaired) electrons. The molecule has 1 amide bonds. The fraction of sp³-hybridized carbons (Fsp3) is 0.200. The molecule has 0 saturated heterocycles. The summed E-state index contributed by atoms with van der Waals surface area (Å²) in [4.78, 5) is 19.5. The minimum atomic E-state index is -0.334. The van der Waals surface area contributed by atoms with Crippen molar-refractivity contribution in [2.45, 2.75) is 13.5 Å². The van der Waals surface area contributed by atoms with Crippen molar-refractivity contribution in [2.24, 2.45) is 0 Å². The van der Waals surface area contributed by atoms with Crippen LogP contribution in [0.3, 0.4) is 0 Å². The van der Waals surface area contributed by atoms with Crippen molar-refractivity contribution in [2.75, 3.05) is 5.73 Å². The number of aromatic nitrogens is 3. The lowest BCUT2D eigenvalue weighted by Crippen LogP contribution is -2.24. The highest BCUT2D eigenvalue weighted by Crippen LogP contribution is 2.01. The molecular formula is C10H11N5O2. The summed E-state index contributed by atoms with van der Waals surface area (Å²) in [6.07, 6.45) is 0. The van der Waals surface area contributed by atoms with Crippen LogP contribution in [0.15, 0.2) is 22.7 Å².